The van der Waals surface area contributed by atoms with Crippen molar-refractivity contribution in [2.24, 2.45) is 0 Å². The third-order valence-corrected chi connectivity index (χ3v) is 3.89. The van der Waals surface area contributed by atoms with E-state index in [1.54, 1.807) is 0 Å². The standard InChI is InChI=1S/C18H19N3O5/c1-2-6-12(18(25)26)19-15(22)10-14-17(24)20-13(16(23)21-14)9-11-7-4-3-5-8-11/h1,3-5,7-8,12-14H,6,9-10H2,(H,19,22)(H,20,24)(H,21,23)(H,25,26)/t12-,13-,14-/m0/s1. The number of carboxylic acids is 1. The van der Waals surface area contributed by atoms with Crippen LogP contribution in [0.1, 0.15) is 18.4 Å². The number of rotatable bonds is 7. The van der Waals surface area contributed by atoms with Crippen LogP contribution in [0, 0.1) is 12.3 Å². The van der Waals surface area contributed by atoms with Crippen LogP contribution in [0.15, 0.2) is 30.3 Å². The zero-order chi connectivity index (χ0) is 19.1. The van der Waals surface area contributed by atoms with E-state index in [1.807, 2.05) is 30.3 Å². The van der Waals surface area contributed by atoms with Gasteiger partial charge in [-0.15, -0.1) is 12.3 Å². The summed E-state index contributed by atoms with van der Waals surface area (Å²) in [5, 5.41) is 16.3. The van der Waals surface area contributed by atoms with Gasteiger partial charge in [0.05, 0.1) is 6.42 Å². The van der Waals surface area contributed by atoms with E-state index in [4.69, 9.17) is 11.5 Å². The molecule has 0 aromatic heterocycles. The molecule has 0 spiro atoms. The zero-order valence-electron chi connectivity index (χ0n) is 13.9. The molecule has 0 saturated carbocycles. The molecule has 2 rings (SSSR count). The molecule has 1 heterocycles. The lowest BCUT2D eigenvalue weighted by Crippen LogP contribution is -2.63. The molecule has 3 amide bonds. The minimum Gasteiger partial charge on any atom is -0.480 e. The second-order valence-corrected chi connectivity index (χ2v) is 5.88. The number of carboxylic acid groups (broad SMARTS) is 1. The second-order valence-electron chi connectivity index (χ2n) is 5.88. The number of nitrogens with one attached hydrogen (secondary N) is 3. The first-order valence-corrected chi connectivity index (χ1v) is 8.01. The van der Waals surface area contributed by atoms with Gasteiger partial charge in [-0.25, -0.2) is 4.79 Å². The highest BCUT2D eigenvalue weighted by atomic mass is 16.4. The van der Waals surface area contributed by atoms with E-state index >= 15 is 0 Å². The van der Waals surface area contributed by atoms with E-state index in [0.717, 1.165) is 5.56 Å². The van der Waals surface area contributed by atoms with Gasteiger partial charge < -0.3 is 21.1 Å². The van der Waals surface area contributed by atoms with E-state index in [-0.39, 0.29) is 12.8 Å². The second kappa shape index (κ2) is 8.67. The molecule has 1 saturated heterocycles. The largest absolute Gasteiger partial charge is 0.480 e. The number of aliphatic carboxylic acids is 1. The van der Waals surface area contributed by atoms with Crippen LogP contribution in [0.5, 0.6) is 0 Å². The molecule has 4 N–H and O–H groups in total. The Bertz CT molecular complexity index is 741. The Balaban J connectivity index is 1.92. The Morgan fingerprint density at radius 2 is 1.77 bits per heavy atom. The Morgan fingerprint density at radius 3 is 2.38 bits per heavy atom. The van der Waals surface area contributed by atoms with Crippen LogP contribution >= 0.6 is 0 Å². The van der Waals surface area contributed by atoms with Crippen molar-refractivity contribution in [3.63, 3.8) is 0 Å². The molecule has 0 radical (unpaired) electrons. The number of hydrogen-bond donors (Lipinski definition) is 4. The number of hydrogen-bond acceptors (Lipinski definition) is 4. The summed E-state index contributed by atoms with van der Waals surface area (Å²) < 4.78 is 0. The van der Waals surface area contributed by atoms with Crippen LogP contribution in [0.3, 0.4) is 0 Å². The lowest BCUT2D eigenvalue weighted by Gasteiger charge is -2.29. The molecule has 8 nitrogen and oxygen atoms in total. The molecule has 1 aliphatic rings. The average molecular weight is 357 g/mol. The normalized spacial score (nSPS) is 20.3. The topological polar surface area (TPSA) is 125 Å². The van der Waals surface area contributed by atoms with E-state index < -0.39 is 41.8 Å². The summed E-state index contributed by atoms with van der Waals surface area (Å²) in [5.74, 6) is -0.689. The molecule has 26 heavy (non-hydrogen) atoms. The van der Waals surface area contributed by atoms with Gasteiger partial charge in [-0.1, -0.05) is 30.3 Å². The van der Waals surface area contributed by atoms with Crippen molar-refractivity contribution in [2.45, 2.75) is 37.4 Å². The Kier molecular flexibility index (Phi) is 6.33. The molecule has 3 atom stereocenters. The van der Waals surface area contributed by atoms with Crippen LogP contribution < -0.4 is 16.0 Å². The number of carbonyl (C=O) groups excluding carboxylic acids is 3. The summed E-state index contributed by atoms with van der Waals surface area (Å²) in [6.07, 6.45) is 4.85. The summed E-state index contributed by atoms with van der Waals surface area (Å²) in [6.45, 7) is 0. The maximum atomic E-state index is 12.2. The van der Waals surface area contributed by atoms with Gasteiger partial charge in [0.15, 0.2) is 0 Å². The van der Waals surface area contributed by atoms with Crippen molar-refractivity contribution in [2.75, 3.05) is 0 Å². The zero-order valence-corrected chi connectivity index (χ0v) is 13.9. The van der Waals surface area contributed by atoms with Gasteiger partial charge in [-0.05, 0) is 5.56 Å². The SMILES string of the molecule is C#CC[C@H](NC(=O)C[C@@H]1NC(=O)[C@H](Cc2ccccc2)NC1=O)C(=O)O. The Morgan fingerprint density at radius 1 is 1.15 bits per heavy atom. The lowest BCUT2D eigenvalue weighted by molar-refractivity contribution is -0.142. The number of carbonyl (C=O) groups is 4. The molecule has 1 aromatic carbocycles. The molecule has 136 valence electrons. The van der Waals surface area contributed by atoms with Gasteiger partial charge >= 0.3 is 5.97 Å². The smallest absolute Gasteiger partial charge is 0.327 e. The maximum Gasteiger partial charge on any atom is 0.327 e. The fourth-order valence-corrected chi connectivity index (χ4v) is 2.57. The first-order valence-electron chi connectivity index (χ1n) is 8.01. The Hall–Kier alpha value is -3.34. The fraction of sp³-hybridized carbons (Fsp3) is 0.333. The molecular weight excluding hydrogens is 338 g/mol. The molecule has 0 unspecified atom stereocenters. The van der Waals surface area contributed by atoms with Gasteiger partial charge in [0.2, 0.25) is 17.7 Å². The van der Waals surface area contributed by atoms with E-state index in [2.05, 4.69) is 21.9 Å². The van der Waals surface area contributed by atoms with Crippen LogP contribution in [0.25, 0.3) is 0 Å². The summed E-state index contributed by atoms with van der Waals surface area (Å²) in [4.78, 5) is 47.3. The van der Waals surface area contributed by atoms with Crippen LogP contribution in [0.2, 0.25) is 0 Å². The number of piperazine rings is 1. The monoisotopic (exact) mass is 357 g/mol. The van der Waals surface area contributed by atoms with E-state index in [1.165, 1.54) is 0 Å². The summed E-state index contributed by atoms with van der Waals surface area (Å²) in [5.41, 5.74) is 0.891. The van der Waals surface area contributed by atoms with Gasteiger partial charge in [-0.2, -0.15) is 0 Å². The van der Waals surface area contributed by atoms with Crippen LogP contribution in [-0.2, 0) is 25.6 Å². The van der Waals surface area contributed by atoms with Crippen molar-refractivity contribution in [1.29, 1.82) is 0 Å². The highest BCUT2D eigenvalue weighted by Gasteiger charge is 2.35. The van der Waals surface area contributed by atoms with Crippen molar-refractivity contribution in [3.8, 4) is 12.3 Å². The minimum atomic E-state index is -1.27. The van der Waals surface area contributed by atoms with Crippen LogP contribution in [0.4, 0.5) is 0 Å². The molecule has 1 aromatic rings. The quantitative estimate of drug-likeness (QED) is 0.475. The summed E-state index contributed by atoms with van der Waals surface area (Å²) >= 11 is 0. The molecule has 1 fully saturated rings. The van der Waals surface area contributed by atoms with E-state index in [9.17, 15) is 19.2 Å². The molecule has 1 aliphatic heterocycles. The van der Waals surface area contributed by atoms with Gasteiger partial charge in [0.25, 0.3) is 0 Å². The third kappa shape index (κ3) is 5.08. The van der Waals surface area contributed by atoms with Gasteiger partial charge in [0, 0.05) is 12.8 Å². The van der Waals surface area contributed by atoms with Crippen molar-refractivity contribution in [1.82, 2.24) is 16.0 Å². The predicted molar refractivity (Wildman–Crippen MR) is 91.6 cm³/mol. The fourth-order valence-electron chi connectivity index (χ4n) is 2.57. The first-order chi connectivity index (χ1) is 12.4. The van der Waals surface area contributed by atoms with Crippen molar-refractivity contribution in [3.05, 3.63) is 35.9 Å². The average Bonchev–Trinajstić information content (AvgIpc) is 2.59. The molecule has 0 bridgehead atoms. The Labute approximate surface area is 150 Å². The highest BCUT2D eigenvalue weighted by molar-refractivity contribution is 5.99. The minimum absolute atomic E-state index is 0.177. The molecule has 8 heteroatoms. The van der Waals surface area contributed by atoms with Crippen LogP contribution in [-0.4, -0.2) is 46.9 Å². The van der Waals surface area contributed by atoms with E-state index in [0.29, 0.717) is 6.42 Å². The first kappa shape index (κ1) is 19.0. The van der Waals surface area contributed by atoms with Gasteiger partial charge in [0.1, 0.15) is 18.1 Å². The lowest BCUT2D eigenvalue weighted by atomic mass is 10.0. The summed E-state index contributed by atoms with van der Waals surface area (Å²) in [6, 6.07) is 6.18. The predicted octanol–water partition coefficient (Wildman–Crippen LogP) is -0.805. The number of benzene rings is 1. The maximum absolute atomic E-state index is 12.2. The molecule has 0 aliphatic carbocycles. The highest BCUT2D eigenvalue weighted by Crippen LogP contribution is 2.08. The number of terminal acetylenes is 1. The van der Waals surface area contributed by atoms with Crippen molar-refractivity contribution < 1.29 is 24.3 Å². The van der Waals surface area contributed by atoms with Crippen molar-refractivity contribution >= 4 is 23.7 Å². The molecular formula is C18H19N3O5. The van der Waals surface area contributed by atoms with Gasteiger partial charge in [-0.3, -0.25) is 14.4 Å². The summed E-state index contributed by atoms with van der Waals surface area (Å²) in [7, 11) is 0. The third-order valence-electron chi connectivity index (χ3n) is 3.89. The number of amides is 3.